The summed E-state index contributed by atoms with van der Waals surface area (Å²) in [5, 5.41) is 0. The molecule has 0 aromatic heterocycles. The number of allylic oxidation sites excluding steroid dienone is 1. The number of ether oxygens (including phenoxy) is 1. The number of rotatable bonds is 6. The summed E-state index contributed by atoms with van der Waals surface area (Å²) in [6.45, 7) is 1.95. The molecule has 160 valence electrons. The highest BCUT2D eigenvalue weighted by atomic mass is 16.5. The molecule has 5 nitrogen and oxygen atoms in total. The van der Waals surface area contributed by atoms with E-state index in [1.807, 2.05) is 49.4 Å². The van der Waals surface area contributed by atoms with Gasteiger partial charge in [0.05, 0.1) is 13.2 Å². The van der Waals surface area contributed by atoms with Crippen LogP contribution >= 0.6 is 0 Å². The van der Waals surface area contributed by atoms with Crippen LogP contribution in [0.2, 0.25) is 0 Å². The summed E-state index contributed by atoms with van der Waals surface area (Å²) < 4.78 is 5.23. The first-order valence-corrected chi connectivity index (χ1v) is 10.3. The molecule has 5 heteroatoms. The average Bonchev–Trinajstić information content (AvgIpc) is 3.09. The minimum atomic E-state index is -1.13. The molecule has 2 unspecified atom stereocenters. The molecule has 3 aromatic rings. The van der Waals surface area contributed by atoms with Gasteiger partial charge >= 0.3 is 0 Å². The van der Waals surface area contributed by atoms with Crippen LogP contribution < -0.4 is 9.64 Å². The molecule has 4 rings (SSSR count). The lowest BCUT2D eigenvalue weighted by Gasteiger charge is -2.27. The van der Waals surface area contributed by atoms with E-state index < -0.39 is 29.4 Å². The summed E-state index contributed by atoms with van der Waals surface area (Å²) in [6, 6.07) is 23.1. The molecule has 1 aliphatic rings. The quantitative estimate of drug-likeness (QED) is 0.330. The van der Waals surface area contributed by atoms with Crippen molar-refractivity contribution in [3.63, 3.8) is 0 Å². The number of Topliss-reactive ketones (excluding diaryl/α,β-unsaturated/α-hetero) is 1. The number of anilines is 1. The van der Waals surface area contributed by atoms with E-state index in [1.54, 1.807) is 49.6 Å². The van der Waals surface area contributed by atoms with Crippen LogP contribution in [0.3, 0.4) is 0 Å². The van der Waals surface area contributed by atoms with Gasteiger partial charge in [0, 0.05) is 5.69 Å². The number of aryl methyl sites for hydroxylation is 1. The van der Waals surface area contributed by atoms with Crippen LogP contribution in [0.15, 0.2) is 84.9 Å². The summed E-state index contributed by atoms with van der Waals surface area (Å²) in [5.74, 6) is -2.26. The molecule has 2 atom stereocenters. The van der Waals surface area contributed by atoms with Gasteiger partial charge in [0.2, 0.25) is 5.78 Å². The molecule has 1 saturated heterocycles. The number of ketones is 2. The highest BCUT2D eigenvalue weighted by Gasteiger charge is 2.51. The van der Waals surface area contributed by atoms with Crippen molar-refractivity contribution in [2.24, 2.45) is 5.92 Å². The Kier molecular flexibility index (Phi) is 5.99. The van der Waals surface area contributed by atoms with Crippen LogP contribution in [-0.4, -0.2) is 24.6 Å². The Balaban J connectivity index is 1.76. The Morgan fingerprint density at radius 2 is 1.56 bits per heavy atom. The zero-order valence-corrected chi connectivity index (χ0v) is 17.9. The minimum Gasteiger partial charge on any atom is -0.497 e. The zero-order chi connectivity index (χ0) is 22.7. The number of methoxy groups -OCH3 is 1. The van der Waals surface area contributed by atoms with Gasteiger partial charge in [-0.25, -0.2) is 0 Å². The van der Waals surface area contributed by atoms with Crippen molar-refractivity contribution in [3.05, 3.63) is 102 Å². The smallest absolute Gasteiger partial charge is 0.295 e. The molecule has 0 N–H and O–H groups in total. The van der Waals surface area contributed by atoms with Gasteiger partial charge in [-0.05, 0) is 48.4 Å². The Labute approximate surface area is 186 Å². The van der Waals surface area contributed by atoms with E-state index >= 15 is 0 Å². The predicted octanol–water partition coefficient (Wildman–Crippen LogP) is 4.56. The largest absolute Gasteiger partial charge is 0.497 e. The van der Waals surface area contributed by atoms with Crippen molar-refractivity contribution in [3.8, 4) is 5.75 Å². The standard InChI is InChI=1S/C27H23NO4/c1-18-8-13-21(14-9-18)28-25(20-11-15-22(32-2)16-12-20)24(26(30)27(28)31)23(29)17-10-19-6-4-3-5-7-19/h3-17,24-25H,1-2H3/b17-10+. The Bertz CT molecular complexity index is 1160. The molecule has 32 heavy (non-hydrogen) atoms. The van der Waals surface area contributed by atoms with E-state index in [0.29, 0.717) is 17.0 Å². The zero-order valence-electron chi connectivity index (χ0n) is 17.9. The van der Waals surface area contributed by atoms with E-state index in [1.165, 1.54) is 11.0 Å². The fourth-order valence-corrected chi connectivity index (χ4v) is 3.93. The number of benzene rings is 3. The van der Waals surface area contributed by atoms with Crippen LogP contribution in [0.5, 0.6) is 5.75 Å². The Hall–Kier alpha value is -3.99. The molecular formula is C27H23NO4. The second-order valence-corrected chi connectivity index (χ2v) is 7.72. The van der Waals surface area contributed by atoms with Crippen molar-refractivity contribution >= 4 is 29.2 Å². The molecule has 1 aliphatic heterocycles. The number of hydrogen-bond acceptors (Lipinski definition) is 4. The molecule has 3 aromatic carbocycles. The third-order valence-electron chi connectivity index (χ3n) is 5.62. The molecule has 0 spiro atoms. The summed E-state index contributed by atoms with van der Waals surface area (Å²) in [5.41, 5.74) is 3.15. The van der Waals surface area contributed by atoms with E-state index in [0.717, 1.165) is 11.1 Å². The number of amides is 1. The van der Waals surface area contributed by atoms with Crippen molar-refractivity contribution in [2.75, 3.05) is 12.0 Å². The maximum absolute atomic E-state index is 13.2. The molecule has 1 heterocycles. The van der Waals surface area contributed by atoms with Crippen molar-refractivity contribution in [2.45, 2.75) is 13.0 Å². The fourth-order valence-electron chi connectivity index (χ4n) is 3.93. The van der Waals surface area contributed by atoms with Gasteiger partial charge in [-0.3, -0.25) is 19.3 Å². The average molecular weight is 425 g/mol. The van der Waals surface area contributed by atoms with Gasteiger partial charge in [-0.1, -0.05) is 66.2 Å². The topological polar surface area (TPSA) is 63.7 Å². The SMILES string of the molecule is COc1ccc(C2C(C(=O)/C=C/c3ccccc3)C(=O)C(=O)N2c2ccc(C)cc2)cc1. The van der Waals surface area contributed by atoms with Crippen LogP contribution in [0.4, 0.5) is 5.69 Å². The van der Waals surface area contributed by atoms with Gasteiger partial charge in [0.15, 0.2) is 5.78 Å². The van der Waals surface area contributed by atoms with E-state index in [2.05, 4.69) is 0 Å². The minimum absolute atomic E-state index is 0.400. The van der Waals surface area contributed by atoms with Crippen LogP contribution in [0, 0.1) is 12.8 Å². The number of hydrogen-bond donors (Lipinski definition) is 0. The summed E-state index contributed by atoms with van der Waals surface area (Å²) in [7, 11) is 1.57. The molecular weight excluding hydrogens is 402 g/mol. The monoisotopic (exact) mass is 425 g/mol. The lowest BCUT2D eigenvalue weighted by atomic mass is 9.88. The second-order valence-electron chi connectivity index (χ2n) is 7.72. The van der Waals surface area contributed by atoms with Crippen LogP contribution in [-0.2, 0) is 14.4 Å². The maximum Gasteiger partial charge on any atom is 0.295 e. The van der Waals surface area contributed by atoms with Crippen molar-refractivity contribution < 1.29 is 19.1 Å². The summed E-state index contributed by atoms with van der Waals surface area (Å²) in [6.07, 6.45) is 3.06. The highest BCUT2D eigenvalue weighted by molar-refractivity contribution is 6.48. The molecule has 0 aliphatic carbocycles. The van der Waals surface area contributed by atoms with Crippen molar-refractivity contribution in [1.82, 2.24) is 0 Å². The lowest BCUT2D eigenvalue weighted by molar-refractivity contribution is -0.138. The van der Waals surface area contributed by atoms with Gasteiger partial charge in [0.25, 0.3) is 5.91 Å². The van der Waals surface area contributed by atoms with E-state index in [9.17, 15) is 14.4 Å². The van der Waals surface area contributed by atoms with Crippen LogP contribution in [0.25, 0.3) is 6.08 Å². The van der Waals surface area contributed by atoms with Gasteiger partial charge in [-0.2, -0.15) is 0 Å². The summed E-state index contributed by atoms with van der Waals surface area (Å²) in [4.78, 5) is 40.7. The first-order valence-electron chi connectivity index (χ1n) is 10.3. The first-order chi connectivity index (χ1) is 15.5. The molecule has 0 radical (unpaired) electrons. The first kappa shape index (κ1) is 21.2. The van der Waals surface area contributed by atoms with Gasteiger partial charge < -0.3 is 4.74 Å². The van der Waals surface area contributed by atoms with E-state index in [-0.39, 0.29) is 0 Å². The molecule has 1 fully saturated rings. The molecule has 0 saturated carbocycles. The van der Waals surface area contributed by atoms with E-state index in [4.69, 9.17) is 4.74 Å². The maximum atomic E-state index is 13.2. The Morgan fingerprint density at radius 3 is 2.19 bits per heavy atom. The van der Waals surface area contributed by atoms with Crippen molar-refractivity contribution in [1.29, 1.82) is 0 Å². The third kappa shape index (κ3) is 4.10. The number of carbonyl (C=O) groups excluding carboxylic acids is 3. The van der Waals surface area contributed by atoms with Crippen LogP contribution in [0.1, 0.15) is 22.7 Å². The number of nitrogens with zero attached hydrogens (tertiary/aromatic N) is 1. The van der Waals surface area contributed by atoms with Gasteiger partial charge in [-0.15, -0.1) is 0 Å². The molecule has 0 bridgehead atoms. The molecule has 1 amide bonds. The predicted molar refractivity (Wildman–Crippen MR) is 123 cm³/mol. The Morgan fingerprint density at radius 1 is 0.906 bits per heavy atom. The lowest BCUT2D eigenvalue weighted by Crippen LogP contribution is -2.30. The number of carbonyl (C=O) groups is 3. The summed E-state index contributed by atoms with van der Waals surface area (Å²) >= 11 is 0. The highest BCUT2D eigenvalue weighted by Crippen LogP contribution is 2.40. The normalized spacial score (nSPS) is 18.4. The second kappa shape index (κ2) is 9.02. The fraction of sp³-hybridized carbons (Fsp3) is 0.148. The van der Waals surface area contributed by atoms with Gasteiger partial charge in [0.1, 0.15) is 11.7 Å². The third-order valence-corrected chi connectivity index (χ3v) is 5.62.